The number of aromatic amines is 1. The van der Waals surface area contributed by atoms with E-state index in [4.69, 9.17) is 0 Å². The molecule has 0 saturated carbocycles. The summed E-state index contributed by atoms with van der Waals surface area (Å²) in [6, 6.07) is 16.0. The molecule has 0 saturated heterocycles. The number of benzene rings is 2. The lowest BCUT2D eigenvalue weighted by Gasteiger charge is -2.09. The van der Waals surface area contributed by atoms with Gasteiger partial charge in [-0.05, 0) is 25.0 Å². The van der Waals surface area contributed by atoms with Gasteiger partial charge in [0.1, 0.15) is 0 Å². The number of nitrogens with one attached hydrogen (secondary N) is 2. The fraction of sp³-hybridized carbons (Fsp3) is 0.158. The van der Waals surface area contributed by atoms with Crippen LogP contribution in [-0.2, 0) is 6.54 Å². The second kappa shape index (κ2) is 6.48. The van der Waals surface area contributed by atoms with E-state index in [0.29, 0.717) is 12.1 Å². The van der Waals surface area contributed by atoms with Gasteiger partial charge >= 0.3 is 0 Å². The zero-order valence-electron chi connectivity index (χ0n) is 13.3. The number of carbonyl (C=O) groups excluding carboxylic acids is 1. The molecular weight excluding hydrogens is 286 g/mol. The van der Waals surface area contributed by atoms with E-state index in [2.05, 4.69) is 47.6 Å². The van der Waals surface area contributed by atoms with E-state index < -0.39 is 0 Å². The van der Waals surface area contributed by atoms with Crippen LogP contribution in [-0.4, -0.2) is 16.1 Å². The van der Waals surface area contributed by atoms with Crippen LogP contribution < -0.4 is 5.32 Å². The number of aromatic nitrogens is 2. The lowest BCUT2D eigenvalue weighted by Crippen LogP contribution is -2.23. The van der Waals surface area contributed by atoms with E-state index in [9.17, 15) is 4.79 Å². The van der Waals surface area contributed by atoms with Crippen molar-refractivity contribution < 1.29 is 4.79 Å². The third-order valence-electron chi connectivity index (χ3n) is 3.88. The maximum absolute atomic E-state index is 12.5. The minimum Gasteiger partial charge on any atom is -0.348 e. The van der Waals surface area contributed by atoms with Crippen LogP contribution >= 0.6 is 0 Å². The molecule has 1 aromatic heterocycles. The van der Waals surface area contributed by atoms with E-state index in [-0.39, 0.29) is 5.91 Å². The van der Waals surface area contributed by atoms with E-state index in [1.807, 2.05) is 30.3 Å². The fourth-order valence-corrected chi connectivity index (χ4v) is 2.60. The van der Waals surface area contributed by atoms with Crippen LogP contribution in [0.25, 0.3) is 11.3 Å². The SMILES string of the molecule is Cc1ccc(CNC(=O)c2cn[nH]c2-c2ccccc2)c(C)c1. The molecular formula is C19H19N3O. The van der Waals surface area contributed by atoms with Gasteiger partial charge in [0.15, 0.2) is 0 Å². The van der Waals surface area contributed by atoms with Crippen molar-refractivity contribution in [2.24, 2.45) is 0 Å². The van der Waals surface area contributed by atoms with Crippen molar-refractivity contribution in [2.75, 3.05) is 0 Å². The third kappa shape index (κ3) is 3.31. The Balaban J connectivity index is 1.76. The Bertz CT molecular complexity index is 822. The number of rotatable bonds is 4. The van der Waals surface area contributed by atoms with Crippen LogP contribution in [0.4, 0.5) is 0 Å². The molecule has 0 aliphatic carbocycles. The molecule has 0 spiro atoms. The Morgan fingerprint density at radius 2 is 1.91 bits per heavy atom. The highest BCUT2D eigenvalue weighted by molar-refractivity contribution is 5.99. The second-order valence-electron chi connectivity index (χ2n) is 5.64. The molecule has 0 fully saturated rings. The second-order valence-corrected chi connectivity index (χ2v) is 5.64. The van der Waals surface area contributed by atoms with Crippen LogP contribution in [0.2, 0.25) is 0 Å². The summed E-state index contributed by atoms with van der Waals surface area (Å²) in [6.07, 6.45) is 1.57. The van der Waals surface area contributed by atoms with Gasteiger partial charge in [-0.15, -0.1) is 0 Å². The van der Waals surface area contributed by atoms with E-state index in [0.717, 1.165) is 16.8 Å². The number of hydrogen-bond donors (Lipinski definition) is 2. The first-order chi connectivity index (χ1) is 11.1. The summed E-state index contributed by atoms with van der Waals surface area (Å²) in [5, 5.41) is 9.90. The minimum absolute atomic E-state index is 0.127. The molecule has 3 rings (SSSR count). The zero-order chi connectivity index (χ0) is 16.2. The largest absolute Gasteiger partial charge is 0.348 e. The number of H-pyrrole nitrogens is 1. The molecule has 116 valence electrons. The lowest BCUT2D eigenvalue weighted by atomic mass is 10.1. The number of amides is 1. The van der Waals surface area contributed by atoms with Gasteiger partial charge in [0.25, 0.3) is 5.91 Å². The Morgan fingerprint density at radius 3 is 2.65 bits per heavy atom. The highest BCUT2D eigenvalue weighted by Gasteiger charge is 2.15. The minimum atomic E-state index is -0.127. The molecule has 2 N–H and O–H groups in total. The third-order valence-corrected chi connectivity index (χ3v) is 3.88. The van der Waals surface area contributed by atoms with Gasteiger partial charge in [0, 0.05) is 12.1 Å². The summed E-state index contributed by atoms with van der Waals surface area (Å²) >= 11 is 0. The van der Waals surface area contributed by atoms with Crippen molar-refractivity contribution in [3.05, 3.63) is 77.0 Å². The van der Waals surface area contributed by atoms with Crippen molar-refractivity contribution in [2.45, 2.75) is 20.4 Å². The average Bonchev–Trinajstić information content (AvgIpc) is 3.04. The van der Waals surface area contributed by atoms with Crippen LogP contribution in [0.1, 0.15) is 27.0 Å². The molecule has 0 atom stereocenters. The zero-order valence-corrected chi connectivity index (χ0v) is 13.3. The number of hydrogen-bond acceptors (Lipinski definition) is 2. The average molecular weight is 305 g/mol. The molecule has 1 heterocycles. The molecule has 0 unspecified atom stereocenters. The maximum atomic E-state index is 12.5. The van der Waals surface area contributed by atoms with Crippen molar-refractivity contribution in [1.82, 2.24) is 15.5 Å². The van der Waals surface area contributed by atoms with Crippen molar-refractivity contribution in [3.63, 3.8) is 0 Å². The van der Waals surface area contributed by atoms with Crippen molar-refractivity contribution >= 4 is 5.91 Å². The number of nitrogens with zero attached hydrogens (tertiary/aromatic N) is 1. The molecule has 0 aliphatic rings. The van der Waals surface area contributed by atoms with Gasteiger partial charge in [-0.1, -0.05) is 54.1 Å². The van der Waals surface area contributed by atoms with Gasteiger partial charge in [-0.25, -0.2) is 0 Å². The number of aryl methyl sites for hydroxylation is 2. The standard InChI is InChI=1S/C19H19N3O/c1-13-8-9-16(14(2)10-13)11-20-19(23)17-12-21-22-18(17)15-6-4-3-5-7-15/h3-10,12H,11H2,1-2H3,(H,20,23)(H,21,22). The molecule has 0 aliphatic heterocycles. The van der Waals surface area contributed by atoms with Gasteiger partial charge in [0.2, 0.25) is 0 Å². The summed E-state index contributed by atoms with van der Waals surface area (Å²) < 4.78 is 0. The first-order valence-corrected chi connectivity index (χ1v) is 7.58. The predicted molar refractivity (Wildman–Crippen MR) is 91.1 cm³/mol. The quantitative estimate of drug-likeness (QED) is 0.773. The first kappa shape index (κ1) is 15.0. The summed E-state index contributed by atoms with van der Waals surface area (Å²) in [5.74, 6) is -0.127. The van der Waals surface area contributed by atoms with E-state index >= 15 is 0 Å². The first-order valence-electron chi connectivity index (χ1n) is 7.58. The van der Waals surface area contributed by atoms with Gasteiger partial charge in [-0.2, -0.15) is 5.10 Å². The van der Waals surface area contributed by atoms with Crippen LogP contribution in [0.5, 0.6) is 0 Å². The van der Waals surface area contributed by atoms with Crippen molar-refractivity contribution in [3.8, 4) is 11.3 Å². The highest BCUT2D eigenvalue weighted by Crippen LogP contribution is 2.20. The van der Waals surface area contributed by atoms with Crippen molar-refractivity contribution in [1.29, 1.82) is 0 Å². The molecule has 0 bridgehead atoms. The molecule has 23 heavy (non-hydrogen) atoms. The van der Waals surface area contributed by atoms with Gasteiger partial charge in [-0.3, -0.25) is 9.89 Å². The summed E-state index contributed by atoms with van der Waals surface area (Å²) in [4.78, 5) is 12.5. The molecule has 4 nitrogen and oxygen atoms in total. The Labute approximate surface area is 135 Å². The van der Waals surface area contributed by atoms with E-state index in [1.165, 1.54) is 11.1 Å². The summed E-state index contributed by atoms with van der Waals surface area (Å²) in [6.45, 7) is 4.62. The predicted octanol–water partition coefficient (Wildman–Crippen LogP) is 3.62. The van der Waals surface area contributed by atoms with E-state index in [1.54, 1.807) is 6.20 Å². The van der Waals surface area contributed by atoms with Crippen LogP contribution in [0.15, 0.2) is 54.7 Å². The van der Waals surface area contributed by atoms with Gasteiger partial charge < -0.3 is 5.32 Å². The van der Waals surface area contributed by atoms with Crippen LogP contribution in [0, 0.1) is 13.8 Å². The normalized spacial score (nSPS) is 10.5. The topological polar surface area (TPSA) is 57.8 Å². The monoisotopic (exact) mass is 305 g/mol. The highest BCUT2D eigenvalue weighted by atomic mass is 16.1. The number of carbonyl (C=O) groups is 1. The molecule has 4 heteroatoms. The summed E-state index contributed by atoms with van der Waals surface area (Å²) in [5.41, 5.74) is 5.76. The maximum Gasteiger partial charge on any atom is 0.255 e. The molecule has 3 aromatic rings. The Hall–Kier alpha value is -2.88. The molecule has 0 radical (unpaired) electrons. The van der Waals surface area contributed by atoms with Crippen LogP contribution in [0.3, 0.4) is 0 Å². The smallest absolute Gasteiger partial charge is 0.255 e. The Morgan fingerprint density at radius 1 is 1.13 bits per heavy atom. The lowest BCUT2D eigenvalue weighted by molar-refractivity contribution is 0.0951. The summed E-state index contributed by atoms with van der Waals surface area (Å²) in [7, 11) is 0. The fourth-order valence-electron chi connectivity index (χ4n) is 2.60. The molecule has 2 aromatic carbocycles. The Kier molecular flexibility index (Phi) is 4.24. The molecule has 1 amide bonds. The van der Waals surface area contributed by atoms with Gasteiger partial charge in [0.05, 0.1) is 17.5 Å².